The second-order valence-corrected chi connectivity index (χ2v) is 3.83. The summed E-state index contributed by atoms with van der Waals surface area (Å²) in [5, 5.41) is 8.97. The highest BCUT2D eigenvalue weighted by Gasteiger charge is 2.29. The molecule has 0 aromatic carbocycles. The summed E-state index contributed by atoms with van der Waals surface area (Å²) < 4.78 is -0.855. The molecule has 0 heterocycles. The fourth-order valence-electron chi connectivity index (χ4n) is 0.771. The molecule has 1 rings (SSSR count). The van der Waals surface area contributed by atoms with E-state index in [0.717, 1.165) is 0 Å². The van der Waals surface area contributed by atoms with E-state index in [0.29, 0.717) is 0 Å². The Morgan fingerprint density at radius 1 is 1.60 bits per heavy atom. The van der Waals surface area contributed by atoms with Crippen molar-refractivity contribution in [2.24, 2.45) is 5.92 Å². The highest BCUT2D eigenvalue weighted by Crippen LogP contribution is 2.36. The van der Waals surface area contributed by atoms with Gasteiger partial charge in [0.25, 0.3) is 0 Å². The molecule has 0 radical (unpaired) electrons. The normalized spacial score (nSPS) is 29.9. The van der Waals surface area contributed by atoms with Crippen molar-refractivity contribution in [2.45, 2.75) is 11.3 Å². The Labute approximate surface area is 69.9 Å². The van der Waals surface area contributed by atoms with Gasteiger partial charge in [-0.3, -0.25) is 0 Å². The lowest BCUT2D eigenvalue weighted by molar-refractivity contribution is 0.418. The summed E-state index contributed by atoms with van der Waals surface area (Å²) in [5.41, 5.74) is 0. The van der Waals surface area contributed by atoms with Gasteiger partial charge in [0.05, 0.1) is 0 Å². The third kappa shape index (κ3) is 1.47. The molecule has 0 fully saturated rings. The van der Waals surface area contributed by atoms with Crippen LogP contribution in [-0.2, 0) is 0 Å². The first-order chi connectivity index (χ1) is 4.52. The summed E-state index contributed by atoms with van der Waals surface area (Å²) in [6, 6.07) is 0. The summed E-state index contributed by atoms with van der Waals surface area (Å²) >= 11 is 11.6. The lowest BCUT2D eigenvalue weighted by Crippen LogP contribution is -2.21. The van der Waals surface area contributed by atoms with Gasteiger partial charge >= 0.3 is 0 Å². The van der Waals surface area contributed by atoms with Gasteiger partial charge in [-0.2, -0.15) is 0 Å². The van der Waals surface area contributed by atoms with Crippen molar-refractivity contribution in [3.05, 3.63) is 24.0 Å². The van der Waals surface area contributed by atoms with Gasteiger partial charge in [0.2, 0.25) is 0 Å². The standard InChI is InChI=1S/C7H8Cl2O/c1-5-4-6(10)2-3-7(5,8)9/h2-5,10H,1H3. The van der Waals surface area contributed by atoms with Gasteiger partial charge in [0.15, 0.2) is 0 Å². The van der Waals surface area contributed by atoms with E-state index in [9.17, 15) is 0 Å². The van der Waals surface area contributed by atoms with Crippen molar-refractivity contribution < 1.29 is 5.11 Å². The zero-order chi connectivity index (χ0) is 7.78. The predicted octanol–water partition coefficient (Wildman–Crippen LogP) is 2.81. The number of halogens is 2. The maximum atomic E-state index is 8.97. The molecule has 0 saturated heterocycles. The Kier molecular flexibility index (Phi) is 1.97. The molecule has 10 heavy (non-hydrogen) atoms. The molecule has 1 nitrogen and oxygen atoms in total. The molecule has 0 aromatic heterocycles. The molecule has 3 heteroatoms. The molecular formula is C7H8Cl2O. The number of hydrogen-bond donors (Lipinski definition) is 1. The van der Waals surface area contributed by atoms with Crippen LogP contribution in [0.3, 0.4) is 0 Å². The zero-order valence-electron chi connectivity index (χ0n) is 5.51. The van der Waals surface area contributed by atoms with E-state index in [1.54, 1.807) is 12.2 Å². The molecule has 1 aliphatic rings. The summed E-state index contributed by atoms with van der Waals surface area (Å²) in [7, 11) is 0. The average Bonchev–Trinajstić information content (AvgIpc) is 1.81. The second kappa shape index (κ2) is 2.48. The van der Waals surface area contributed by atoms with Crippen LogP contribution in [0.4, 0.5) is 0 Å². The Balaban J connectivity index is 2.84. The largest absolute Gasteiger partial charge is 0.508 e. The minimum Gasteiger partial charge on any atom is -0.508 e. The van der Waals surface area contributed by atoms with Gasteiger partial charge in [-0.25, -0.2) is 0 Å². The van der Waals surface area contributed by atoms with Crippen LogP contribution < -0.4 is 0 Å². The van der Waals surface area contributed by atoms with Crippen molar-refractivity contribution in [1.29, 1.82) is 0 Å². The van der Waals surface area contributed by atoms with E-state index in [1.807, 2.05) is 6.92 Å². The number of aliphatic hydroxyl groups excluding tert-OH is 1. The third-order valence-corrected chi connectivity index (χ3v) is 2.44. The maximum Gasteiger partial charge on any atom is 0.142 e. The molecular weight excluding hydrogens is 171 g/mol. The highest BCUT2D eigenvalue weighted by atomic mass is 35.5. The van der Waals surface area contributed by atoms with Crippen molar-refractivity contribution in [1.82, 2.24) is 0 Å². The van der Waals surface area contributed by atoms with Gasteiger partial charge in [0, 0.05) is 5.92 Å². The molecule has 0 amide bonds. The second-order valence-electron chi connectivity index (χ2n) is 2.39. The highest BCUT2D eigenvalue weighted by molar-refractivity contribution is 6.50. The topological polar surface area (TPSA) is 20.2 Å². The minimum absolute atomic E-state index is 0.0409. The van der Waals surface area contributed by atoms with Crippen molar-refractivity contribution in [3.63, 3.8) is 0 Å². The van der Waals surface area contributed by atoms with Crippen molar-refractivity contribution in [2.75, 3.05) is 0 Å². The Hall–Kier alpha value is -0.140. The summed E-state index contributed by atoms with van der Waals surface area (Å²) in [6.07, 6.45) is 4.70. The number of rotatable bonds is 0. The molecule has 0 saturated carbocycles. The van der Waals surface area contributed by atoms with Crippen LogP contribution in [-0.4, -0.2) is 9.44 Å². The Bertz CT molecular complexity index is 194. The van der Waals surface area contributed by atoms with E-state index in [-0.39, 0.29) is 11.7 Å². The lowest BCUT2D eigenvalue weighted by Gasteiger charge is -2.23. The molecule has 0 spiro atoms. The maximum absolute atomic E-state index is 8.97. The molecule has 1 unspecified atom stereocenters. The average molecular weight is 179 g/mol. The number of alkyl halides is 2. The first-order valence-corrected chi connectivity index (χ1v) is 3.76. The van der Waals surface area contributed by atoms with E-state index in [1.165, 1.54) is 6.08 Å². The van der Waals surface area contributed by atoms with Crippen LogP contribution in [0, 0.1) is 5.92 Å². The predicted molar refractivity (Wildman–Crippen MR) is 43.5 cm³/mol. The van der Waals surface area contributed by atoms with Crippen LogP contribution in [0.2, 0.25) is 0 Å². The Morgan fingerprint density at radius 2 is 2.20 bits per heavy atom. The van der Waals surface area contributed by atoms with Crippen molar-refractivity contribution >= 4 is 23.2 Å². The minimum atomic E-state index is -0.855. The molecule has 1 N–H and O–H groups in total. The van der Waals surface area contributed by atoms with Gasteiger partial charge < -0.3 is 5.11 Å². The van der Waals surface area contributed by atoms with Crippen LogP contribution in [0.25, 0.3) is 0 Å². The number of allylic oxidation sites excluding steroid dienone is 3. The molecule has 0 aliphatic heterocycles. The molecule has 56 valence electrons. The first kappa shape index (κ1) is 7.96. The lowest BCUT2D eigenvalue weighted by atomic mass is 10.0. The van der Waals surface area contributed by atoms with Gasteiger partial charge in [-0.1, -0.05) is 30.1 Å². The fraction of sp³-hybridized carbons (Fsp3) is 0.429. The molecule has 0 bridgehead atoms. The summed E-state index contributed by atoms with van der Waals surface area (Å²) in [6.45, 7) is 1.85. The monoisotopic (exact) mass is 178 g/mol. The third-order valence-electron chi connectivity index (χ3n) is 1.50. The van der Waals surface area contributed by atoms with Crippen LogP contribution >= 0.6 is 23.2 Å². The van der Waals surface area contributed by atoms with Gasteiger partial charge in [0.1, 0.15) is 10.1 Å². The summed E-state index contributed by atoms with van der Waals surface area (Å²) in [5.74, 6) is 0.185. The van der Waals surface area contributed by atoms with Crippen LogP contribution in [0.5, 0.6) is 0 Å². The van der Waals surface area contributed by atoms with Crippen LogP contribution in [0.15, 0.2) is 24.0 Å². The Morgan fingerprint density at radius 3 is 2.60 bits per heavy atom. The quantitative estimate of drug-likeness (QED) is 0.567. The fourth-order valence-corrected chi connectivity index (χ4v) is 1.02. The van der Waals surface area contributed by atoms with E-state index < -0.39 is 4.33 Å². The summed E-state index contributed by atoms with van der Waals surface area (Å²) in [4.78, 5) is 0. The first-order valence-electron chi connectivity index (χ1n) is 3.00. The number of hydrogen-bond acceptors (Lipinski definition) is 1. The SMILES string of the molecule is CC1C=C(O)C=CC1(Cl)Cl. The van der Waals surface area contributed by atoms with E-state index >= 15 is 0 Å². The number of aliphatic hydroxyl groups is 1. The smallest absolute Gasteiger partial charge is 0.142 e. The van der Waals surface area contributed by atoms with Gasteiger partial charge in [-0.05, 0) is 18.2 Å². The molecule has 1 atom stereocenters. The zero-order valence-corrected chi connectivity index (χ0v) is 7.02. The molecule has 1 aliphatic carbocycles. The van der Waals surface area contributed by atoms with Crippen LogP contribution in [0.1, 0.15) is 6.92 Å². The van der Waals surface area contributed by atoms with E-state index in [4.69, 9.17) is 28.3 Å². The van der Waals surface area contributed by atoms with E-state index in [2.05, 4.69) is 0 Å². The van der Waals surface area contributed by atoms with Crippen molar-refractivity contribution in [3.8, 4) is 0 Å². The van der Waals surface area contributed by atoms with Gasteiger partial charge in [-0.15, -0.1) is 0 Å². The molecule has 0 aromatic rings.